The van der Waals surface area contributed by atoms with Crippen LogP contribution in [0.25, 0.3) is 0 Å². The van der Waals surface area contributed by atoms with Crippen molar-refractivity contribution in [3.05, 3.63) is 22.4 Å². The van der Waals surface area contributed by atoms with E-state index >= 15 is 0 Å². The molecule has 0 amide bonds. The molecule has 0 spiro atoms. The summed E-state index contributed by atoms with van der Waals surface area (Å²) < 4.78 is 5.49. The summed E-state index contributed by atoms with van der Waals surface area (Å²) in [6, 6.07) is 4.50. The van der Waals surface area contributed by atoms with Crippen LogP contribution in [0.3, 0.4) is 0 Å². The van der Waals surface area contributed by atoms with Crippen LogP contribution < -0.4 is 5.32 Å². The van der Waals surface area contributed by atoms with E-state index in [0.29, 0.717) is 25.8 Å². The first-order valence-corrected chi connectivity index (χ1v) is 8.01. The van der Waals surface area contributed by atoms with Gasteiger partial charge in [-0.05, 0) is 30.7 Å². The summed E-state index contributed by atoms with van der Waals surface area (Å²) in [7, 11) is 0. The van der Waals surface area contributed by atoms with E-state index in [-0.39, 0.29) is 0 Å². The third-order valence-electron chi connectivity index (χ3n) is 3.29. The van der Waals surface area contributed by atoms with Gasteiger partial charge in [0.25, 0.3) is 0 Å². The molecule has 0 aliphatic carbocycles. The van der Waals surface area contributed by atoms with Crippen molar-refractivity contribution in [2.75, 3.05) is 13.2 Å². The van der Waals surface area contributed by atoms with Crippen molar-refractivity contribution in [2.45, 2.75) is 52.4 Å². The molecule has 3 atom stereocenters. The van der Waals surface area contributed by atoms with E-state index < -0.39 is 6.10 Å². The molecule has 0 bridgehead atoms. The highest BCUT2D eigenvalue weighted by Crippen LogP contribution is 2.10. The largest absolute Gasteiger partial charge is 0.389 e. The second kappa shape index (κ2) is 9.48. The van der Waals surface area contributed by atoms with E-state index in [4.69, 9.17) is 4.74 Å². The number of aliphatic hydroxyl groups excluding tert-OH is 1. The molecule has 1 aromatic heterocycles. The van der Waals surface area contributed by atoms with Crippen molar-refractivity contribution in [1.29, 1.82) is 0 Å². The van der Waals surface area contributed by atoms with Crippen molar-refractivity contribution < 1.29 is 9.84 Å². The van der Waals surface area contributed by atoms with E-state index in [1.54, 1.807) is 11.3 Å². The second-order valence-corrected chi connectivity index (χ2v) is 6.34. The van der Waals surface area contributed by atoms with E-state index in [1.165, 1.54) is 11.3 Å². The van der Waals surface area contributed by atoms with Crippen LogP contribution in [0, 0.1) is 5.92 Å². The zero-order chi connectivity index (χ0) is 14.1. The van der Waals surface area contributed by atoms with Gasteiger partial charge in [-0.25, -0.2) is 0 Å². The molecule has 0 radical (unpaired) electrons. The molecule has 3 unspecified atom stereocenters. The Labute approximate surface area is 121 Å². The Kier molecular flexibility index (Phi) is 8.30. The van der Waals surface area contributed by atoms with E-state index in [2.05, 4.69) is 26.1 Å². The number of ether oxygens (including phenoxy) is 1. The molecule has 0 aromatic carbocycles. The lowest BCUT2D eigenvalue weighted by atomic mass is 10.0. The Bertz CT molecular complexity index is 316. The Balaban J connectivity index is 2.05. The topological polar surface area (TPSA) is 41.5 Å². The summed E-state index contributed by atoms with van der Waals surface area (Å²) in [5, 5.41) is 15.2. The lowest BCUT2D eigenvalue weighted by molar-refractivity contribution is 0.0285. The van der Waals surface area contributed by atoms with Crippen LogP contribution in [0.2, 0.25) is 0 Å². The Morgan fingerprint density at radius 3 is 2.84 bits per heavy atom. The quantitative estimate of drug-likeness (QED) is 0.694. The van der Waals surface area contributed by atoms with Gasteiger partial charge in [0.2, 0.25) is 0 Å². The minimum atomic E-state index is -0.431. The van der Waals surface area contributed by atoms with Gasteiger partial charge in [0.05, 0.1) is 19.3 Å². The molecule has 19 heavy (non-hydrogen) atoms. The standard InChI is InChI=1S/C15H27NO2S/c1-4-12(2)8-13(3)16-9-14(17)10-18-11-15-6-5-7-19-15/h5-7,12-14,16-17H,4,8-11H2,1-3H3. The molecule has 1 heterocycles. The Hall–Kier alpha value is -0.420. The van der Waals surface area contributed by atoms with Gasteiger partial charge in [-0.15, -0.1) is 11.3 Å². The predicted molar refractivity (Wildman–Crippen MR) is 81.5 cm³/mol. The fourth-order valence-corrected chi connectivity index (χ4v) is 2.58. The van der Waals surface area contributed by atoms with Gasteiger partial charge in [0.15, 0.2) is 0 Å². The SMILES string of the molecule is CCC(C)CC(C)NCC(O)COCc1cccs1. The van der Waals surface area contributed by atoms with Crippen molar-refractivity contribution in [1.82, 2.24) is 5.32 Å². The third-order valence-corrected chi connectivity index (χ3v) is 4.14. The van der Waals surface area contributed by atoms with E-state index in [1.807, 2.05) is 17.5 Å². The predicted octanol–water partition coefficient (Wildman–Crippen LogP) is 3.04. The van der Waals surface area contributed by atoms with Crippen LogP contribution in [-0.4, -0.2) is 30.4 Å². The van der Waals surface area contributed by atoms with Gasteiger partial charge >= 0.3 is 0 Å². The molecular formula is C15H27NO2S. The number of rotatable bonds is 10. The Morgan fingerprint density at radius 1 is 1.42 bits per heavy atom. The maximum atomic E-state index is 9.83. The molecule has 4 heteroatoms. The molecule has 0 aliphatic heterocycles. The third kappa shape index (κ3) is 7.67. The van der Waals surface area contributed by atoms with E-state index in [0.717, 1.165) is 12.3 Å². The molecule has 110 valence electrons. The first-order chi connectivity index (χ1) is 9.11. The molecule has 1 aromatic rings. The van der Waals surface area contributed by atoms with Crippen LogP contribution in [0.5, 0.6) is 0 Å². The van der Waals surface area contributed by atoms with Gasteiger partial charge in [-0.2, -0.15) is 0 Å². The van der Waals surface area contributed by atoms with Crippen LogP contribution >= 0.6 is 11.3 Å². The molecule has 0 fully saturated rings. The van der Waals surface area contributed by atoms with Gasteiger partial charge in [-0.3, -0.25) is 0 Å². The van der Waals surface area contributed by atoms with Crippen molar-refractivity contribution in [2.24, 2.45) is 5.92 Å². The van der Waals surface area contributed by atoms with Crippen molar-refractivity contribution >= 4 is 11.3 Å². The molecule has 0 aliphatic rings. The molecule has 3 nitrogen and oxygen atoms in total. The minimum Gasteiger partial charge on any atom is -0.389 e. The summed E-state index contributed by atoms with van der Waals surface area (Å²) >= 11 is 1.68. The maximum absolute atomic E-state index is 9.83. The summed E-state index contributed by atoms with van der Waals surface area (Å²) in [5.74, 6) is 0.731. The average Bonchev–Trinajstić information content (AvgIpc) is 2.89. The molecule has 0 saturated heterocycles. The first-order valence-electron chi connectivity index (χ1n) is 7.13. The normalized spacial score (nSPS) is 16.2. The lowest BCUT2D eigenvalue weighted by Crippen LogP contribution is -2.36. The highest BCUT2D eigenvalue weighted by molar-refractivity contribution is 7.09. The first kappa shape index (κ1) is 16.6. The highest BCUT2D eigenvalue weighted by atomic mass is 32.1. The Morgan fingerprint density at radius 2 is 2.21 bits per heavy atom. The second-order valence-electron chi connectivity index (χ2n) is 5.31. The van der Waals surface area contributed by atoms with Crippen LogP contribution in [0.4, 0.5) is 0 Å². The number of hydrogen-bond acceptors (Lipinski definition) is 4. The zero-order valence-corrected chi connectivity index (χ0v) is 13.1. The van der Waals surface area contributed by atoms with Crippen LogP contribution in [0.1, 0.15) is 38.5 Å². The van der Waals surface area contributed by atoms with Gasteiger partial charge in [0.1, 0.15) is 0 Å². The molecule has 0 saturated carbocycles. The van der Waals surface area contributed by atoms with Crippen molar-refractivity contribution in [3.63, 3.8) is 0 Å². The zero-order valence-electron chi connectivity index (χ0n) is 12.3. The summed E-state index contributed by atoms with van der Waals surface area (Å²) in [4.78, 5) is 1.20. The van der Waals surface area contributed by atoms with E-state index in [9.17, 15) is 5.11 Å². The fourth-order valence-electron chi connectivity index (χ4n) is 1.94. The summed E-state index contributed by atoms with van der Waals surface area (Å²) in [6.07, 6.45) is 1.93. The van der Waals surface area contributed by atoms with Crippen LogP contribution in [-0.2, 0) is 11.3 Å². The maximum Gasteiger partial charge on any atom is 0.0897 e. The lowest BCUT2D eigenvalue weighted by Gasteiger charge is -2.19. The summed E-state index contributed by atoms with van der Waals surface area (Å²) in [6.45, 7) is 8.23. The van der Waals surface area contributed by atoms with Gasteiger partial charge in [0, 0.05) is 17.5 Å². The molecule has 2 N–H and O–H groups in total. The fraction of sp³-hybridized carbons (Fsp3) is 0.733. The number of hydrogen-bond donors (Lipinski definition) is 2. The van der Waals surface area contributed by atoms with Gasteiger partial charge in [-0.1, -0.05) is 26.3 Å². The number of thiophene rings is 1. The number of nitrogens with one attached hydrogen (secondary N) is 1. The highest BCUT2D eigenvalue weighted by Gasteiger charge is 2.10. The molecule has 1 rings (SSSR count). The van der Waals surface area contributed by atoms with Crippen molar-refractivity contribution in [3.8, 4) is 0 Å². The number of aliphatic hydroxyl groups is 1. The minimum absolute atomic E-state index is 0.390. The summed E-state index contributed by atoms with van der Waals surface area (Å²) in [5.41, 5.74) is 0. The van der Waals surface area contributed by atoms with Crippen LogP contribution in [0.15, 0.2) is 17.5 Å². The monoisotopic (exact) mass is 285 g/mol. The van der Waals surface area contributed by atoms with Gasteiger partial charge < -0.3 is 15.2 Å². The smallest absolute Gasteiger partial charge is 0.0897 e. The average molecular weight is 285 g/mol. The molecular weight excluding hydrogens is 258 g/mol.